The Morgan fingerprint density at radius 1 is 1.00 bits per heavy atom. The average Bonchev–Trinajstić information content (AvgIpc) is 2.74. The molecule has 7 nitrogen and oxygen atoms in total. The number of nitrogens with one attached hydrogen (secondary N) is 2. The lowest BCUT2D eigenvalue weighted by atomic mass is 10.0. The van der Waals surface area contributed by atoms with Crippen molar-refractivity contribution in [2.24, 2.45) is 5.92 Å². The van der Waals surface area contributed by atoms with E-state index in [0.717, 1.165) is 11.1 Å². The van der Waals surface area contributed by atoms with E-state index in [1.165, 1.54) is 0 Å². The summed E-state index contributed by atoms with van der Waals surface area (Å²) in [7, 11) is 0. The molecule has 1 atom stereocenters. The molecule has 0 saturated carbocycles. The molecule has 2 rings (SSSR count). The molecule has 0 aliphatic rings. The topological polar surface area (TPSA) is 93.7 Å². The fourth-order valence-corrected chi connectivity index (χ4v) is 2.89. The molecule has 7 heteroatoms. The smallest absolute Gasteiger partial charge is 0.329 e. The van der Waals surface area contributed by atoms with Gasteiger partial charge < -0.3 is 20.1 Å². The van der Waals surface area contributed by atoms with Crippen LogP contribution in [-0.2, 0) is 14.3 Å². The van der Waals surface area contributed by atoms with Crippen molar-refractivity contribution in [1.82, 2.24) is 5.32 Å². The van der Waals surface area contributed by atoms with Gasteiger partial charge in [-0.1, -0.05) is 26.0 Å². The summed E-state index contributed by atoms with van der Waals surface area (Å²) in [6.07, 6.45) is 0. The summed E-state index contributed by atoms with van der Waals surface area (Å²) in [6, 6.07) is 11.3. The molecule has 2 N–H and O–H groups in total. The maximum absolute atomic E-state index is 12.5. The average molecular weight is 427 g/mol. The van der Waals surface area contributed by atoms with Crippen molar-refractivity contribution in [3.63, 3.8) is 0 Å². The molecule has 0 aliphatic carbocycles. The standard InChI is InChI=1S/C24H30N2O5/c1-6-30-19-12-10-18(11-13-19)23(28)26-22(15(2)3)24(29)31-14-21(27)25-20-9-7-8-16(4)17(20)5/h7-13,15,22H,6,14H2,1-5H3,(H,25,27)(H,26,28)/t22-/m0/s1. The van der Waals surface area contributed by atoms with Crippen LogP contribution in [0.25, 0.3) is 0 Å². The van der Waals surface area contributed by atoms with Gasteiger partial charge in [-0.2, -0.15) is 0 Å². The highest BCUT2D eigenvalue weighted by Gasteiger charge is 2.27. The normalized spacial score (nSPS) is 11.5. The zero-order valence-corrected chi connectivity index (χ0v) is 18.7. The molecule has 166 valence electrons. The minimum atomic E-state index is -0.882. The highest BCUT2D eigenvalue weighted by molar-refractivity contribution is 5.97. The second kappa shape index (κ2) is 11.2. The first kappa shape index (κ1) is 23.9. The Morgan fingerprint density at radius 2 is 1.68 bits per heavy atom. The molecule has 31 heavy (non-hydrogen) atoms. The van der Waals surface area contributed by atoms with Crippen LogP contribution in [0.4, 0.5) is 5.69 Å². The number of carbonyl (C=O) groups excluding carboxylic acids is 3. The van der Waals surface area contributed by atoms with Crippen molar-refractivity contribution in [3.8, 4) is 5.75 Å². The van der Waals surface area contributed by atoms with Crippen LogP contribution in [0.2, 0.25) is 0 Å². The van der Waals surface area contributed by atoms with Gasteiger partial charge in [0, 0.05) is 11.3 Å². The van der Waals surface area contributed by atoms with Crippen LogP contribution in [0, 0.1) is 19.8 Å². The Kier molecular flexibility index (Phi) is 8.61. The van der Waals surface area contributed by atoms with Gasteiger partial charge >= 0.3 is 5.97 Å². The first-order valence-electron chi connectivity index (χ1n) is 10.3. The van der Waals surface area contributed by atoms with Crippen LogP contribution < -0.4 is 15.4 Å². The van der Waals surface area contributed by atoms with Gasteiger partial charge in [-0.15, -0.1) is 0 Å². The number of anilines is 1. The SMILES string of the molecule is CCOc1ccc(C(=O)N[C@H](C(=O)OCC(=O)Nc2cccc(C)c2C)C(C)C)cc1. The van der Waals surface area contributed by atoms with Gasteiger partial charge in [-0.05, 0) is 68.1 Å². The lowest BCUT2D eigenvalue weighted by Crippen LogP contribution is -2.45. The third kappa shape index (κ3) is 6.84. The predicted molar refractivity (Wildman–Crippen MR) is 119 cm³/mol. The number of esters is 1. The number of hydrogen-bond acceptors (Lipinski definition) is 5. The summed E-state index contributed by atoms with van der Waals surface area (Å²) in [6.45, 7) is 9.41. The molecule has 0 aromatic heterocycles. The number of aryl methyl sites for hydroxylation is 1. The summed E-state index contributed by atoms with van der Waals surface area (Å²) < 4.78 is 10.5. The highest BCUT2D eigenvalue weighted by atomic mass is 16.5. The molecule has 2 aromatic carbocycles. The molecule has 0 aliphatic heterocycles. The number of hydrogen-bond donors (Lipinski definition) is 2. The molecule has 0 saturated heterocycles. The summed E-state index contributed by atoms with van der Waals surface area (Å²) in [5.74, 6) is -1.07. The summed E-state index contributed by atoms with van der Waals surface area (Å²) in [5.41, 5.74) is 3.07. The first-order valence-corrected chi connectivity index (χ1v) is 10.3. The van der Waals surface area contributed by atoms with Crippen molar-refractivity contribution in [2.45, 2.75) is 40.7 Å². The van der Waals surface area contributed by atoms with Crippen LogP contribution in [-0.4, -0.2) is 37.0 Å². The summed E-state index contributed by atoms with van der Waals surface area (Å²) >= 11 is 0. The number of amides is 2. The molecule has 0 fully saturated rings. The maximum Gasteiger partial charge on any atom is 0.329 e. The molecular formula is C24H30N2O5. The van der Waals surface area contributed by atoms with Gasteiger partial charge in [0.2, 0.25) is 0 Å². The number of benzene rings is 2. The molecule has 0 radical (unpaired) electrons. The van der Waals surface area contributed by atoms with Crippen molar-refractivity contribution < 1.29 is 23.9 Å². The number of ether oxygens (including phenoxy) is 2. The quantitative estimate of drug-likeness (QED) is 0.597. The van der Waals surface area contributed by atoms with Crippen LogP contribution in [0.5, 0.6) is 5.75 Å². The monoisotopic (exact) mass is 426 g/mol. The fourth-order valence-electron chi connectivity index (χ4n) is 2.89. The first-order chi connectivity index (χ1) is 14.7. The second-order valence-corrected chi connectivity index (χ2v) is 7.56. The largest absolute Gasteiger partial charge is 0.494 e. The summed E-state index contributed by atoms with van der Waals surface area (Å²) in [5, 5.41) is 5.43. The van der Waals surface area contributed by atoms with Crippen molar-refractivity contribution >= 4 is 23.5 Å². The Bertz CT molecular complexity index is 922. The van der Waals surface area contributed by atoms with E-state index in [0.29, 0.717) is 23.6 Å². The summed E-state index contributed by atoms with van der Waals surface area (Å²) in [4.78, 5) is 37.3. The lowest BCUT2D eigenvalue weighted by Gasteiger charge is -2.21. The van der Waals surface area contributed by atoms with E-state index in [1.807, 2.05) is 32.9 Å². The molecular weight excluding hydrogens is 396 g/mol. The van der Waals surface area contributed by atoms with Crippen molar-refractivity contribution in [2.75, 3.05) is 18.5 Å². The minimum absolute atomic E-state index is 0.221. The van der Waals surface area contributed by atoms with E-state index in [1.54, 1.807) is 44.2 Å². The van der Waals surface area contributed by atoms with Gasteiger partial charge in [-0.3, -0.25) is 9.59 Å². The molecule has 0 heterocycles. The second-order valence-electron chi connectivity index (χ2n) is 7.56. The molecule has 0 unspecified atom stereocenters. The maximum atomic E-state index is 12.5. The zero-order valence-electron chi connectivity index (χ0n) is 18.7. The van der Waals surface area contributed by atoms with Crippen molar-refractivity contribution in [1.29, 1.82) is 0 Å². The predicted octanol–water partition coefficient (Wildman–Crippen LogP) is 3.64. The van der Waals surface area contributed by atoms with Crippen LogP contribution in [0.1, 0.15) is 42.3 Å². The molecule has 0 spiro atoms. The number of rotatable bonds is 9. The molecule has 0 bridgehead atoms. The van der Waals surface area contributed by atoms with Crippen molar-refractivity contribution in [3.05, 3.63) is 59.2 Å². The van der Waals surface area contributed by atoms with E-state index >= 15 is 0 Å². The van der Waals surface area contributed by atoms with Gasteiger partial charge in [0.15, 0.2) is 6.61 Å². The van der Waals surface area contributed by atoms with E-state index in [9.17, 15) is 14.4 Å². The highest BCUT2D eigenvalue weighted by Crippen LogP contribution is 2.18. The molecule has 2 aromatic rings. The van der Waals surface area contributed by atoms with Crippen LogP contribution in [0.15, 0.2) is 42.5 Å². The van der Waals surface area contributed by atoms with Gasteiger partial charge in [-0.25, -0.2) is 4.79 Å². The van der Waals surface area contributed by atoms with E-state index in [4.69, 9.17) is 9.47 Å². The van der Waals surface area contributed by atoms with E-state index in [2.05, 4.69) is 10.6 Å². The van der Waals surface area contributed by atoms with E-state index in [-0.39, 0.29) is 5.92 Å². The molecule has 2 amide bonds. The lowest BCUT2D eigenvalue weighted by molar-refractivity contribution is -0.150. The Morgan fingerprint density at radius 3 is 2.29 bits per heavy atom. The van der Waals surface area contributed by atoms with E-state index < -0.39 is 30.4 Å². The zero-order chi connectivity index (χ0) is 23.0. The fraction of sp³-hybridized carbons (Fsp3) is 0.375. The van der Waals surface area contributed by atoms with Gasteiger partial charge in [0.05, 0.1) is 6.61 Å². The van der Waals surface area contributed by atoms with Crippen LogP contribution >= 0.6 is 0 Å². The number of carbonyl (C=O) groups is 3. The Hall–Kier alpha value is -3.35. The third-order valence-electron chi connectivity index (χ3n) is 4.86. The van der Waals surface area contributed by atoms with Gasteiger partial charge in [0.25, 0.3) is 11.8 Å². The Labute approximate surface area is 183 Å². The minimum Gasteiger partial charge on any atom is -0.494 e. The third-order valence-corrected chi connectivity index (χ3v) is 4.86. The Balaban J connectivity index is 1.94. The van der Waals surface area contributed by atoms with Crippen LogP contribution in [0.3, 0.4) is 0 Å². The van der Waals surface area contributed by atoms with Gasteiger partial charge in [0.1, 0.15) is 11.8 Å².